The molecule has 0 saturated heterocycles. The number of nitrogens with one attached hydrogen (secondary N) is 3. The Kier molecular flexibility index (Phi) is 8.69. The van der Waals surface area contributed by atoms with Crippen LogP contribution in [0.25, 0.3) is 11.1 Å². The van der Waals surface area contributed by atoms with Gasteiger partial charge < -0.3 is 40.7 Å². The third-order valence-electron chi connectivity index (χ3n) is 6.14. The van der Waals surface area contributed by atoms with Gasteiger partial charge in [0.15, 0.2) is 0 Å². The molecule has 0 bridgehead atoms. The summed E-state index contributed by atoms with van der Waals surface area (Å²) in [7, 11) is 0. The number of hydrogen-bond donors (Lipinski definition) is 6. The summed E-state index contributed by atoms with van der Waals surface area (Å²) in [5, 5.41) is 34.4. The minimum atomic E-state index is -1.56. The number of benzene rings is 3. The molecular weight excluding hydrogens is 522 g/mol. The molecular formula is C28H27N3O9. The van der Waals surface area contributed by atoms with Gasteiger partial charge in [-0.05, 0) is 46.4 Å². The van der Waals surface area contributed by atoms with E-state index in [1.807, 2.05) is 30.3 Å². The molecule has 0 spiro atoms. The normalized spacial score (nSPS) is 11.9. The van der Waals surface area contributed by atoms with Gasteiger partial charge in [-0.25, -0.2) is 14.4 Å². The minimum Gasteiger partial charge on any atom is -0.507 e. The summed E-state index contributed by atoms with van der Waals surface area (Å²) in [6.45, 7) is -0.235. The van der Waals surface area contributed by atoms with Gasteiger partial charge in [0.2, 0.25) is 0 Å². The lowest BCUT2D eigenvalue weighted by atomic mass is 10.0. The Hall–Kier alpha value is -5.26. The maximum absolute atomic E-state index is 12.3. The number of rotatable bonds is 11. The first-order chi connectivity index (χ1) is 19.2. The van der Waals surface area contributed by atoms with E-state index in [1.54, 1.807) is 5.32 Å². The van der Waals surface area contributed by atoms with E-state index >= 15 is 0 Å². The summed E-state index contributed by atoms with van der Waals surface area (Å²) in [4.78, 5) is 46.0. The van der Waals surface area contributed by atoms with Gasteiger partial charge in [0.05, 0.1) is 12.1 Å². The summed E-state index contributed by atoms with van der Waals surface area (Å²) < 4.78 is 10.8. The molecule has 0 radical (unpaired) electrons. The molecule has 1 atom stereocenters. The first kappa shape index (κ1) is 27.8. The van der Waals surface area contributed by atoms with E-state index in [2.05, 4.69) is 22.8 Å². The van der Waals surface area contributed by atoms with E-state index in [-0.39, 0.29) is 31.1 Å². The van der Waals surface area contributed by atoms with E-state index < -0.39 is 42.4 Å². The molecule has 208 valence electrons. The summed E-state index contributed by atoms with van der Waals surface area (Å²) in [5.41, 5.74) is 5.62. The van der Waals surface area contributed by atoms with Crippen LogP contribution in [0, 0.1) is 0 Å². The van der Waals surface area contributed by atoms with Crippen LogP contribution in [0.1, 0.15) is 27.0 Å². The zero-order valence-corrected chi connectivity index (χ0v) is 21.2. The standard InChI is InChI=1S/C28H27N3O9/c32-24-13-19(6-8-22(24)25(33)30-14-23(26(34)35)31-27(36)37)39-10-9-29-28(38)40-15-16-5-7-21-18(11-16)12-17-3-1-2-4-20(17)21/h1-8,11,13,23,31-32H,9-10,12,14-15H2,(H,29,38)(H,30,33)(H,34,35)(H,36,37). The van der Waals surface area contributed by atoms with Crippen molar-refractivity contribution < 1.29 is 44.0 Å². The molecule has 6 N–H and O–H groups in total. The second-order valence-corrected chi connectivity index (χ2v) is 8.91. The van der Waals surface area contributed by atoms with Gasteiger partial charge in [-0.15, -0.1) is 0 Å². The molecule has 0 heterocycles. The van der Waals surface area contributed by atoms with Crippen molar-refractivity contribution in [1.82, 2.24) is 16.0 Å². The van der Waals surface area contributed by atoms with Crippen LogP contribution in [-0.2, 0) is 22.6 Å². The van der Waals surface area contributed by atoms with Gasteiger partial charge >= 0.3 is 18.2 Å². The van der Waals surface area contributed by atoms with Crippen molar-refractivity contribution in [2.75, 3.05) is 19.7 Å². The Morgan fingerprint density at radius 3 is 2.42 bits per heavy atom. The molecule has 4 rings (SSSR count). The van der Waals surface area contributed by atoms with E-state index in [1.165, 1.54) is 40.5 Å². The highest BCUT2D eigenvalue weighted by atomic mass is 16.5. The number of alkyl carbamates (subject to hydrolysis) is 1. The highest BCUT2D eigenvalue weighted by molar-refractivity contribution is 5.97. The lowest BCUT2D eigenvalue weighted by Gasteiger charge is -2.14. The fraction of sp³-hybridized carbons (Fsp3) is 0.214. The van der Waals surface area contributed by atoms with Crippen LogP contribution in [0.4, 0.5) is 9.59 Å². The fourth-order valence-electron chi connectivity index (χ4n) is 4.24. The lowest BCUT2D eigenvalue weighted by molar-refractivity contribution is -0.139. The summed E-state index contributed by atoms with van der Waals surface area (Å²) in [6.07, 6.45) is -1.32. The highest BCUT2D eigenvalue weighted by Crippen LogP contribution is 2.36. The number of amides is 3. The van der Waals surface area contributed by atoms with Crippen molar-refractivity contribution in [3.8, 4) is 22.6 Å². The molecule has 0 fully saturated rings. The molecule has 12 heteroatoms. The van der Waals surface area contributed by atoms with Crippen LogP contribution in [0.15, 0.2) is 60.7 Å². The Morgan fingerprint density at radius 2 is 1.68 bits per heavy atom. The average Bonchev–Trinajstić information content (AvgIpc) is 3.29. The van der Waals surface area contributed by atoms with Crippen molar-refractivity contribution >= 4 is 24.1 Å². The lowest BCUT2D eigenvalue weighted by Crippen LogP contribution is -2.48. The number of hydrogen-bond acceptors (Lipinski definition) is 7. The van der Waals surface area contributed by atoms with Crippen LogP contribution in [0.5, 0.6) is 11.5 Å². The summed E-state index contributed by atoms with van der Waals surface area (Å²) in [5.74, 6) is -2.49. The van der Waals surface area contributed by atoms with E-state index in [4.69, 9.17) is 19.7 Å². The maximum atomic E-state index is 12.3. The quantitative estimate of drug-likeness (QED) is 0.153. The van der Waals surface area contributed by atoms with Crippen LogP contribution in [0.2, 0.25) is 0 Å². The number of carboxylic acids is 1. The molecule has 0 aliphatic heterocycles. The smallest absolute Gasteiger partial charge is 0.407 e. The number of aromatic hydroxyl groups is 1. The SMILES string of the molecule is O=C(O)NC(CNC(=O)c1ccc(OCCNC(=O)OCc2ccc3c(c2)Cc2ccccc2-3)cc1O)C(=O)O. The molecule has 1 unspecified atom stereocenters. The zero-order valence-electron chi connectivity index (χ0n) is 21.2. The van der Waals surface area contributed by atoms with Crippen LogP contribution in [0.3, 0.4) is 0 Å². The Labute approximate surface area is 228 Å². The molecule has 3 aromatic rings. The average molecular weight is 550 g/mol. The summed E-state index contributed by atoms with van der Waals surface area (Å²) in [6, 6.07) is 16.6. The van der Waals surface area contributed by atoms with E-state index in [0.29, 0.717) is 0 Å². The predicted octanol–water partition coefficient (Wildman–Crippen LogP) is 2.72. The van der Waals surface area contributed by atoms with E-state index in [9.17, 15) is 24.3 Å². The highest BCUT2D eigenvalue weighted by Gasteiger charge is 2.22. The number of carbonyl (C=O) groups excluding carboxylic acids is 2. The Balaban J connectivity index is 1.18. The third-order valence-corrected chi connectivity index (χ3v) is 6.14. The van der Waals surface area contributed by atoms with Gasteiger partial charge in [-0.2, -0.15) is 0 Å². The number of fused-ring (bicyclic) bond motifs is 3. The Bertz CT molecular complexity index is 1440. The van der Waals surface area contributed by atoms with Crippen LogP contribution >= 0.6 is 0 Å². The zero-order chi connectivity index (χ0) is 28.6. The molecule has 40 heavy (non-hydrogen) atoms. The number of aliphatic carboxylic acids is 1. The summed E-state index contributed by atoms with van der Waals surface area (Å²) >= 11 is 0. The van der Waals surface area contributed by atoms with Gasteiger partial charge in [0, 0.05) is 12.6 Å². The number of phenolic OH excluding ortho intramolecular Hbond substituents is 1. The second kappa shape index (κ2) is 12.5. The molecule has 1 aliphatic rings. The minimum absolute atomic E-state index is 0.0539. The van der Waals surface area contributed by atoms with Crippen molar-refractivity contribution in [3.63, 3.8) is 0 Å². The first-order valence-electron chi connectivity index (χ1n) is 12.3. The molecule has 12 nitrogen and oxygen atoms in total. The number of phenols is 1. The largest absolute Gasteiger partial charge is 0.507 e. The molecule has 1 aliphatic carbocycles. The van der Waals surface area contributed by atoms with Crippen LogP contribution in [-0.4, -0.2) is 65.1 Å². The van der Waals surface area contributed by atoms with Crippen molar-refractivity contribution in [3.05, 3.63) is 82.9 Å². The molecule has 3 amide bonds. The number of ether oxygens (including phenoxy) is 2. The second-order valence-electron chi connectivity index (χ2n) is 8.91. The van der Waals surface area contributed by atoms with E-state index in [0.717, 1.165) is 12.0 Å². The first-order valence-corrected chi connectivity index (χ1v) is 12.3. The third kappa shape index (κ3) is 6.98. The number of carbonyl (C=O) groups is 4. The monoisotopic (exact) mass is 549 g/mol. The number of carboxylic acid groups (broad SMARTS) is 2. The maximum Gasteiger partial charge on any atom is 0.407 e. The predicted molar refractivity (Wildman–Crippen MR) is 141 cm³/mol. The van der Waals surface area contributed by atoms with Gasteiger partial charge in [-0.1, -0.05) is 42.5 Å². The topological polar surface area (TPSA) is 184 Å². The van der Waals surface area contributed by atoms with Crippen molar-refractivity contribution in [2.45, 2.75) is 19.1 Å². The van der Waals surface area contributed by atoms with Gasteiger partial charge in [0.1, 0.15) is 30.8 Å². The molecule has 3 aromatic carbocycles. The van der Waals surface area contributed by atoms with Gasteiger partial charge in [0.25, 0.3) is 5.91 Å². The fourth-order valence-corrected chi connectivity index (χ4v) is 4.24. The van der Waals surface area contributed by atoms with Gasteiger partial charge in [-0.3, -0.25) is 4.79 Å². The Morgan fingerprint density at radius 1 is 0.900 bits per heavy atom. The van der Waals surface area contributed by atoms with Crippen molar-refractivity contribution in [2.24, 2.45) is 0 Å². The molecule has 0 aromatic heterocycles. The molecule has 0 saturated carbocycles. The van der Waals surface area contributed by atoms with Crippen LogP contribution < -0.4 is 20.7 Å². The van der Waals surface area contributed by atoms with Crippen molar-refractivity contribution in [1.29, 1.82) is 0 Å².